The van der Waals surface area contributed by atoms with Crippen LogP contribution in [0.15, 0.2) is 12.2 Å². The Balaban J connectivity index is 0. The number of aliphatic carboxylic acids is 1. The third-order valence-electron chi connectivity index (χ3n) is 1.70. The summed E-state index contributed by atoms with van der Waals surface area (Å²) in [6.07, 6.45) is 2.87. The predicted molar refractivity (Wildman–Crippen MR) is 61.6 cm³/mol. The number of hydrogen-bond donors (Lipinski definition) is 0. The Morgan fingerprint density at radius 3 is 1.71 bits per heavy atom. The van der Waals surface area contributed by atoms with Crippen molar-refractivity contribution in [3.8, 4) is 0 Å². The van der Waals surface area contributed by atoms with E-state index in [0.717, 1.165) is 0 Å². The fourth-order valence-corrected chi connectivity index (χ4v) is 6.56. The molecule has 3 heteroatoms. The van der Waals surface area contributed by atoms with Crippen LogP contribution in [0.4, 0.5) is 0 Å². The molecular weight excluding hydrogens is 283 g/mol. The van der Waals surface area contributed by atoms with E-state index in [1.807, 2.05) is 0 Å². The van der Waals surface area contributed by atoms with Crippen molar-refractivity contribution in [2.45, 2.75) is 47.4 Å². The van der Waals surface area contributed by atoms with Gasteiger partial charge in [0.25, 0.3) is 0 Å². The summed E-state index contributed by atoms with van der Waals surface area (Å²) < 4.78 is 3.21. The molecule has 0 aliphatic heterocycles. The second kappa shape index (κ2) is 11.1. The topological polar surface area (TPSA) is 40.1 Å². The molecule has 0 aromatic rings. The predicted octanol–water partition coefficient (Wildman–Crippen LogP) is 2.24. The third kappa shape index (κ3) is 14.5. The summed E-state index contributed by atoms with van der Waals surface area (Å²) in [7, 11) is 0. The van der Waals surface area contributed by atoms with Gasteiger partial charge in [0.15, 0.2) is 0 Å². The van der Waals surface area contributed by atoms with Crippen molar-refractivity contribution in [1.29, 1.82) is 0 Å². The molecule has 0 saturated heterocycles. The maximum atomic E-state index is 9.49. The van der Waals surface area contributed by atoms with E-state index in [1.165, 1.54) is 19.8 Å². The molecule has 0 aromatic heterocycles. The van der Waals surface area contributed by atoms with Crippen LogP contribution in [0, 0.1) is 0 Å². The second-order valence-electron chi connectivity index (χ2n) is 3.52. The number of carboxylic acid groups (broad SMARTS) is 1. The minimum absolute atomic E-state index is 0.0648. The molecule has 0 heterocycles. The molecule has 0 rings (SSSR count). The average Bonchev–Trinajstić information content (AvgIpc) is 2.06. The Morgan fingerprint density at radius 1 is 1.29 bits per heavy atom. The van der Waals surface area contributed by atoms with Crippen LogP contribution >= 0.6 is 0 Å². The van der Waals surface area contributed by atoms with Crippen LogP contribution < -0.4 is 5.11 Å². The molecule has 0 bridgehead atoms. The summed E-state index contributed by atoms with van der Waals surface area (Å²) in [6.45, 7) is 9.09. The zero-order valence-electron chi connectivity index (χ0n) is 9.85. The van der Waals surface area contributed by atoms with Crippen molar-refractivity contribution in [3.63, 3.8) is 0 Å². The molecule has 0 aliphatic carbocycles. The molecule has 0 aromatic carbocycles. The van der Waals surface area contributed by atoms with Crippen molar-refractivity contribution in [1.82, 2.24) is 0 Å². The molecule has 0 aliphatic rings. The van der Waals surface area contributed by atoms with Crippen LogP contribution in [0.1, 0.15) is 33.6 Å². The molecule has 82 valence electrons. The van der Waals surface area contributed by atoms with E-state index in [-0.39, 0.29) is 5.57 Å². The first-order valence-corrected chi connectivity index (χ1v) is 12.0. The molecule has 0 spiro atoms. The van der Waals surface area contributed by atoms with Crippen LogP contribution in [-0.2, 0) is 4.79 Å². The van der Waals surface area contributed by atoms with E-state index in [1.54, 1.807) is 8.87 Å². The van der Waals surface area contributed by atoms with Crippen LogP contribution in [0.25, 0.3) is 0 Å². The molecule has 0 atom stereocenters. The normalized spacial score (nSPS) is 8.57. The number of rotatable bonds is 5. The van der Waals surface area contributed by atoms with Gasteiger partial charge in [0, 0.05) is 0 Å². The van der Waals surface area contributed by atoms with Crippen molar-refractivity contribution in [3.05, 3.63) is 12.2 Å². The molecule has 14 heavy (non-hydrogen) atoms. The van der Waals surface area contributed by atoms with Gasteiger partial charge in [-0.05, 0) is 12.5 Å². The molecule has 0 radical (unpaired) electrons. The van der Waals surface area contributed by atoms with Gasteiger partial charge in [0.05, 0.1) is 5.97 Å². The van der Waals surface area contributed by atoms with Gasteiger partial charge in [-0.2, -0.15) is 0 Å². The Bertz CT molecular complexity index is 149. The van der Waals surface area contributed by atoms with Crippen molar-refractivity contribution < 1.29 is 9.90 Å². The van der Waals surface area contributed by atoms with E-state index in [2.05, 4.69) is 25.4 Å². The molecule has 0 N–H and O–H groups in total. The van der Waals surface area contributed by atoms with E-state index >= 15 is 0 Å². The monoisotopic (exact) mass is 306 g/mol. The summed E-state index contributed by atoms with van der Waals surface area (Å²) in [6, 6.07) is 0. The van der Waals surface area contributed by atoms with Gasteiger partial charge >= 0.3 is 60.3 Å². The van der Waals surface area contributed by atoms with E-state index in [0.29, 0.717) is 0 Å². The average molecular weight is 305 g/mol. The standard InChI is InChI=1S/C4H6O2.2C3H7.CH3.Sn/c1-3(2)4(5)6;2*1-3-2;;/h1H2,2H3,(H,5,6);2*1,3H2,2H3;1H3;/q;;;;+1/p-1. The SMILES string of the molecule is C=C(C)C(=O)[O-].CC[CH2][Sn+]([CH3])[CH2]CC. The number of carboxylic acids is 1. The Morgan fingerprint density at radius 2 is 1.57 bits per heavy atom. The van der Waals surface area contributed by atoms with Gasteiger partial charge < -0.3 is 9.90 Å². The number of carbonyl (C=O) groups excluding carboxylic acids is 1. The third-order valence-corrected chi connectivity index (χ3v) is 9.43. The summed E-state index contributed by atoms with van der Waals surface area (Å²) >= 11 is -0.687. The first-order valence-electron chi connectivity index (χ1n) is 5.13. The van der Waals surface area contributed by atoms with Crippen molar-refractivity contribution in [2.75, 3.05) is 0 Å². The zero-order chi connectivity index (χ0) is 11.6. The molecule has 0 saturated carbocycles. The van der Waals surface area contributed by atoms with Gasteiger partial charge in [-0.25, -0.2) is 0 Å². The Hall–Kier alpha value is 0.00870. The first-order chi connectivity index (χ1) is 6.45. The van der Waals surface area contributed by atoms with E-state index in [9.17, 15) is 9.90 Å². The Labute approximate surface area is 95.1 Å². The van der Waals surface area contributed by atoms with Gasteiger partial charge in [-0.15, -0.1) is 0 Å². The first kappa shape index (κ1) is 16.4. The summed E-state index contributed by atoms with van der Waals surface area (Å²) in [4.78, 5) is 12.0. The van der Waals surface area contributed by atoms with Crippen LogP contribution in [0.3, 0.4) is 0 Å². The molecule has 0 unspecified atom stereocenters. The Kier molecular flexibility index (Phi) is 13.0. The van der Waals surface area contributed by atoms with Crippen molar-refractivity contribution in [2.24, 2.45) is 0 Å². The second-order valence-corrected chi connectivity index (χ2v) is 11.8. The summed E-state index contributed by atoms with van der Waals surface area (Å²) in [5.74, 6) is -1.19. The summed E-state index contributed by atoms with van der Waals surface area (Å²) in [5, 5.41) is 9.49. The van der Waals surface area contributed by atoms with Gasteiger partial charge in [-0.1, -0.05) is 6.58 Å². The van der Waals surface area contributed by atoms with E-state index < -0.39 is 25.7 Å². The quantitative estimate of drug-likeness (QED) is 0.577. The van der Waals surface area contributed by atoms with Crippen LogP contribution in [0.5, 0.6) is 0 Å². The molecule has 0 fully saturated rings. The van der Waals surface area contributed by atoms with Gasteiger partial charge in [0.2, 0.25) is 0 Å². The van der Waals surface area contributed by atoms with Crippen LogP contribution in [0.2, 0.25) is 13.8 Å². The fraction of sp³-hybridized carbons (Fsp3) is 0.727. The molecular formula is C11H22O2Sn. The minimum atomic E-state index is -1.19. The maximum absolute atomic E-state index is 9.49. The van der Waals surface area contributed by atoms with Crippen molar-refractivity contribution >= 4 is 25.7 Å². The fourth-order valence-electron chi connectivity index (χ4n) is 0.979. The van der Waals surface area contributed by atoms with Gasteiger partial charge in [0.1, 0.15) is 0 Å². The molecule has 2 nitrogen and oxygen atoms in total. The molecule has 0 amide bonds. The van der Waals surface area contributed by atoms with Gasteiger partial charge in [-0.3, -0.25) is 0 Å². The number of carbonyl (C=O) groups is 1. The zero-order valence-corrected chi connectivity index (χ0v) is 12.7. The van der Waals surface area contributed by atoms with Crippen LogP contribution in [-0.4, -0.2) is 25.7 Å². The number of hydrogen-bond acceptors (Lipinski definition) is 2. The summed E-state index contributed by atoms with van der Waals surface area (Å²) in [5.41, 5.74) is 0.0648. The van der Waals surface area contributed by atoms with E-state index in [4.69, 9.17) is 0 Å².